The first-order valence-electron chi connectivity index (χ1n) is 9.36. The number of amides is 3. The van der Waals surface area contributed by atoms with Gasteiger partial charge < -0.3 is 15.0 Å². The summed E-state index contributed by atoms with van der Waals surface area (Å²) in [5.41, 5.74) is 1.92. The van der Waals surface area contributed by atoms with Crippen molar-refractivity contribution in [1.82, 2.24) is 4.90 Å². The van der Waals surface area contributed by atoms with Crippen LogP contribution >= 0.6 is 15.9 Å². The van der Waals surface area contributed by atoms with Crippen LogP contribution in [0, 0.1) is 6.92 Å². The Morgan fingerprint density at radius 1 is 1.03 bits per heavy atom. The van der Waals surface area contributed by atoms with Gasteiger partial charge in [-0.3, -0.25) is 14.9 Å². The van der Waals surface area contributed by atoms with Gasteiger partial charge in [0, 0.05) is 28.5 Å². The average molecular weight is 476 g/mol. The second-order valence-electron chi connectivity index (χ2n) is 7.87. The number of ether oxygens (including phenoxy) is 1. The SMILES string of the molecule is Cc1cc(Br)ccc1NC(=O)CN(C)C(=O)c1ccc(NC(=O)OC(C)(C)C)cc1. The Bertz CT molecular complexity index is 936. The van der Waals surface area contributed by atoms with Crippen LogP contribution in [0.5, 0.6) is 0 Å². The van der Waals surface area contributed by atoms with Crippen molar-refractivity contribution in [2.75, 3.05) is 24.2 Å². The molecule has 2 aromatic carbocycles. The highest BCUT2D eigenvalue weighted by atomic mass is 79.9. The number of carbonyl (C=O) groups excluding carboxylic acids is 3. The molecule has 0 bridgehead atoms. The van der Waals surface area contributed by atoms with E-state index in [9.17, 15) is 14.4 Å². The van der Waals surface area contributed by atoms with Crippen molar-refractivity contribution < 1.29 is 19.1 Å². The first-order chi connectivity index (χ1) is 13.9. The molecule has 2 rings (SSSR count). The van der Waals surface area contributed by atoms with Crippen molar-refractivity contribution >= 4 is 45.2 Å². The van der Waals surface area contributed by atoms with E-state index in [1.54, 1.807) is 58.2 Å². The first kappa shape index (κ1) is 23.4. The van der Waals surface area contributed by atoms with Gasteiger partial charge in [0.25, 0.3) is 5.91 Å². The van der Waals surface area contributed by atoms with E-state index in [-0.39, 0.29) is 18.4 Å². The number of benzene rings is 2. The van der Waals surface area contributed by atoms with Crippen LogP contribution < -0.4 is 10.6 Å². The van der Waals surface area contributed by atoms with Crippen LogP contribution in [0.3, 0.4) is 0 Å². The topological polar surface area (TPSA) is 87.7 Å². The van der Waals surface area contributed by atoms with Gasteiger partial charge in [0.05, 0.1) is 6.54 Å². The highest BCUT2D eigenvalue weighted by Crippen LogP contribution is 2.20. The van der Waals surface area contributed by atoms with Gasteiger partial charge in [0.1, 0.15) is 5.60 Å². The molecule has 0 heterocycles. The maximum absolute atomic E-state index is 12.6. The lowest BCUT2D eigenvalue weighted by molar-refractivity contribution is -0.116. The standard InChI is InChI=1S/C22H26BrN3O4/c1-14-12-16(23)8-11-18(14)25-19(27)13-26(5)20(28)15-6-9-17(10-7-15)24-21(29)30-22(2,3)4/h6-12H,13H2,1-5H3,(H,24,29)(H,25,27). The van der Waals surface area contributed by atoms with Gasteiger partial charge >= 0.3 is 6.09 Å². The lowest BCUT2D eigenvalue weighted by Crippen LogP contribution is -2.35. The molecule has 160 valence electrons. The molecule has 30 heavy (non-hydrogen) atoms. The zero-order chi connectivity index (χ0) is 22.5. The Hall–Kier alpha value is -2.87. The predicted molar refractivity (Wildman–Crippen MR) is 121 cm³/mol. The van der Waals surface area contributed by atoms with Gasteiger partial charge in [-0.15, -0.1) is 0 Å². The molecule has 0 aromatic heterocycles. The van der Waals surface area contributed by atoms with Crippen LogP contribution in [-0.2, 0) is 9.53 Å². The summed E-state index contributed by atoms with van der Waals surface area (Å²) in [5, 5.41) is 5.42. The molecule has 0 aliphatic carbocycles. The molecule has 0 aliphatic heterocycles. The molecule has 7 nitrogen and oxygen atoms in total. The molecular weight excluding hydrogens is 450 g/mol. The summed E-state index contributed by atoms with van der Waals surface area (Å²) < 4.78 is 6.12. The predicted octanol–water partition coefficient (Wildman–Crippen LogP) is 4.82. The highest BCUT2D eigenvalue weighted by Gasteiger charge is 2.18. The minimum Gasteiger partial charge on any atom is -0.444 e. The molecule has 0 spiro atoms. The van der Waals surface area contributed by atoms with E-state index >= 15 is 0 Å². The number of anilines is 2. The van der Waals surface area contributed by atoms with E-state index in [1.807, 2.05) is 19.1 Å². The number of aryl methyl sites for hydroxylation is 1. The summed E-state index contributed by atoms with van der Waals surface area (Å²) in [4.78, 5) is 38.0. The lowest BCUT2D eigenvalue weighted by Gasteiger charge is -2.20. The van der Waals surface area contributed by atoms with E-state index in [4.69, 9.17) is 4.74 Å². The third kappa shape index (κ3) is 7.18. The minimum absolute atomic E-state index is 0.0910. The summed E-state index contributed by atoms with van der Waals surface area (Å²) >= 11 is 3.38. The lowest BCUT2D eigenvalue weighted by atomic mass is 10.2. The molecule has 0 fully saturated rings. The molecule has 2 aromatic rings. The van der Waals surface area contributed by atoms with Gasteiger partial charge in [0.2, 0.25) is 5.91 Å². The zero-order valence-corrected chi connectivity index (χ0v) is 19.3. The number of rotatable bonds is 5. The Balaban J connectivity index is 1.93. The zero-order valence-electron chi connectivity index (χ0n) is 17.7. The van der Waals surface area contributed by atoms with Gasteiger partial charge in [-0.1, -0.05) is 15.9 Å². The average Bonchev–Trinajstić information content (AvgIpc) is 2.62. The highest BCUT2D eigenvalue weighted by molar-refractivity contribution is 9.10. The van der Waals surface area contributed by atoms with E-state index in [2.05, 4.69) is 26.6 Å². The molecule has 0 saturated heterocycles. The van der Waals surface area contributed by atoms with Crippen molar-refractivity contribution in [3.05, 3.63) is 58.1 Å². The Labute approximate surface area is 184 Å². The molecule has 0 unspecified atom stereocenters. The van der Waals surface area contributed by atoms with Crippen molar-refractivity contribution in [1.29, 1.82) is 0 Å². The normalized spacial score (nSPS) is 10.9. The number of hydrogen-bond donors (Lipinski definition) is 2. The van der Waals surface area contributed by atoms with Gasteiger partial charge in [-0.05, 0) is 75.7 Å². The van der Waals surface area contributed by atoms with E-state index in [1.165, 1.54) is 4.90 Å². The molecule has 3 amide bonds. The van der Waals surface area contributed by atoms with E-state index < -0.39 is 11.7 Å². The second-order valence-corrected chi connectivity index (χ2v) is 8.79. The summed E-state index contributed by atoms with van der Waals surface area (Å²) in [5.74, 6) is -0.596. The molecule has 0 atom stereocenters. The van der Waals surface area contributed by atoms with Gasteiger partial charge in [-0.25, -0.2) is 4.79 Å². The van der Waals surface area contributed by atoms with Crippen LogP contribution in [0.2, 0.25) is 0 Å². The third-order valence-corrected chi connectivity index (χ3v) is 4.46. The van der Waals surface area contributed by atoms with Crippen LogP contribution in [0.15, 0.2) is 46.9 Å². The quantitative estimate of drug-likeness (QED) is 0.648. The number of halogens is 1. The van der Waals surface area contributed by atoms with Crippen molar-refractivity contribution in [2.24, 2.45) is 0 Å². The van der Waals surface area contributed by atoms with Crippen LogP contribution in [0.25, 0.3) is 0 Å². The van der Waals surface area contributed by atoms with Crippen LogP contribution in [0.4, 0.5) is 16.2 Å². The third-order valence-electron chi connectivity index (χ3n) is 3.97. The molecule has 0 radical (unpaired) electrons. The summed E-state index contributed by atoms with van der Waals surface area (Å²) in [6.07, 6.45) is -0.571. The molecule has 0 aliphatic rings. The molecule has 8 heteroatoms. The van der Waals surface area contributed by atoms with E-state index in [0.29, 0.717) is 16.9 Å². The smallest absolute Gasteiger partial charge is 0.412 e. The fourth-order valence-corrected chi connectivity index (χ4v) is 3.06. The summed E-state index contributed by atoms with van der Waals surface area (Å²) in [6.45, 7) is 7.13. The summed E-state index contributed by atoms with van der Waals surface area (Å²) in [7, 11) is 1.56. The maximum atomic E-state index is 12.6. The van der Waals surface area contributed by atoms with Gasteiger partial charge in [0.15, 0.2) is 0 Å². The Kier molecular flexibility index (Phi) is 7.61. The fourth-order valence-electron chi connectivity index (χ4n) is 2.58. The molecule has 2 N–H and O–H groups in total. The number of nitrogens with zero attached hydrogens (tertiary/aromatic N) is 1. The first-order valence-corrected chi connectivity index (χ1v) is 10.2. The summed E-state index contributed by atoms with van der Waals surface area (Å²) in [6, 6.07) is 11.9. The largest absolute Gasteiger partial charge is 0.444 e. The van der Waals surface area contributed by atoms with Crippen molar-refractivity contribution in [2.45, 2.75) is 33.3 Å². The Morgan fingerprint density at radius 3 is 2.23 bits per heavy atom. The monoisotopic (exact) mass is 475 g/mol. The van der Waals surface area contributed by atoms with E-state index in [0.717, 1.165) is 10.0 Å². The number of carbonyl (C=O) groups is 3. The van der Waals surface area contributed by atoms with Crippen molar-refractivity contribution in [3.63, 3.8) is 0 Å². The number of likely N-dealkylation sites (N-methyl/N-ethyl adjacent to an activating group) is 1. The second kappa shape index (κ2) is 9.75. The molecular formula is C22H26BrN3O4. The van der Waals surface area contributed by atoms with Gasteiger partial charge in [-0.2, -0.15) is 0 Å². The van der Waals surface area contributed by atoms with Crippen LogP contribution in [-0.4, -0.2) is 42.0 Å². The van der Waals surface area contributed by atoms with Crippen molar-refractivity contribution in [3.8, 4) is 0 Å². The fraction of sp³-hybridized carbons (Fsp3) is 0.318. The number of hydrogen-bond acceptors (Lipinski definition) is 4. The Morgan fingerprint density at radius 2 is 1.67 bits per heavy atom. The maximum Gasteiger partial charge on any atom is 0.412 e. The molecule has 0 saturated carbocycles. The minimum atomic E-state index is -0.599. The number of nitrogens with one attached hydrogen (secondary N) is 2. The van der Waals surface area contributed by atoms with Crippen LogP contribution in [0.1, 0.15) is 36.7 Å².